The molecule has 13 heavy (non-hydrogen) atoms. The van der Waals surface area contributed by atoms with Gasteiger partial charge in [0.25, 0.3) is 0 Å². The molecule has 0 amide bonds. The Kier molecular flexibility index (Phi) is 7.38. The summed E-state index contributed by atoms with van der Waals surface area (Å²) in [4.78, 5) is 0. The number of rotatable bonds is 1. The van der Waals surface area contributed by atoms with Gasteiger partial charge in [-0.1, -0.05) is 19.6 Å². The fourth-order valence-electron chi connectivity index (χ4n) is 0.771. The minimum atomic E-state index is -0.766. The van der Waals surface area contributed by atoms with Gasteiger partial charge in [0.15, 0.2) is 0 Å². The van der Waals surface area contributed by atoms with Crippen molar-refractivity contribution in [3.63, 3.8) is 0 Å². The zero-order valence-electron chi connectivity index (χ0n) is 9.39. The predicted molar refractivity (Wildman–Crippen MR) is 66.9 cm³/mol. The number of hydrogen-bond donors (Lipinski definition) is 0. The summed E-state index contributed by atoms with van der Waals surface area (Å²) in [6.45, 7) is 6.81. The molecule has 0 unspecified atom stereocenters. The molecule has 0 aliphatic heterocycles. The second kappa shape index (κ2) is 7.39. The molecule has 1 aromatic carbocycles. The van der Waals surface area contributed by atoms with E-state index < -0.39 is 14.3 Å². The first-order valence-corrected chi connectivity index (χ1v) is 12.9. The van der Waals surface area contributed by atoms with Gasteiger partial charge >= 0.3 is 60.6 Å². The SMILES string of the molecule is C[Si](C)C.[CH3][Ge]([CH3])[c]1ccccc1. The van der Waals surface area contributed by atoms with Crippen LogP contribution < -0.4 is 4.40 Å². The van der Waals surface area contributed by atoms with E-state index in [1.54, 1.807) is 4.40 Å². The Morgan fingerprint density at radius 2 is 1.31 bits per heavy atom. The van der Waals surface area contributed by atoms with Gasteiger partial charge < -0.3 is 0 Å². The van der Waals surface area contributed by atoms with Gasteiger partial charge in [-0.05, 0) is 0 Å². The van der Waals surface area contributed by atoms with E-state index >= 15 is 0 Å². The standard InChI is InChI=1S/C8H11Ge.C3H9Si/c1-9(2)8-6-4-3-5-7-8;1-4(2)3/h3-7H,1-2H3;1-3H3. The van der Waals surface area contributed by atoms with E-state index in [1.807, 2.05) is 0 Å². The van der Waals surface area contributed by atoms with Crippen molar-refractivity contribution in [2.24, 2.45) is 0 Å². The van der Waals surface area contributed by atoms with Crippen molar-refractivity contribution in [2.45, 2.75) is 31.2 Å². The van der Waals surface area contributed by atoms with Crippen molar-refractivity contribution in [3.05, 3.63) is 30.3 Å². The van der Waals surface area contributed by atoms with Gasteiger partial charge in [0.2, 0.25) is 0 Å². The van der Waals surface area contributed by atoms with Crippen LogP contribution in [-0.2, 0) is 0 Å². The van der Waals surface area contributed by atoms with Crippen LogP contribution in [0, 0.1) is 0 Å². The summed E-state index contributed by atoms with van der Waals surface area (Å²) in [5, 5.41) is 0. The molecule has 0 spiro atoms. The molecule has 1 rings (SSSR count). The first-order valence-electron chi connectivity index (χ1n) is 4.66. The van der Waals surface area contributed by atoms with E-state index in [-0.39, 0.29) is 8.80 Å². The normalized spacial score (nSPS) is 9.77. The average Bonchev–Trinajstić information content (AvgIpc) is 2.05. The van der Waals surface area contributed by atoms with Crippen LogP contribution >= 0.6 is 0 Å². The second-order valence-electron chi connectivity index (χ2n) is 3.87. The van der Waals surface area contributed by atoms with Crippen LogP contribution in [-0.4, -0.2) is 23.1 Å². The van der Waals surface area contributed by atoms with Gasteiger partial charge in [0.05, 0.1) is 0 Å². The van der Waals surface area contributed by atoms with Crippen LogP contribution in [0.25, 0.3) is 0 Å². The molecule has 0 saturated carbocycles. The molecule has 0 saturated heterocycles. The van der Waals surface area contributed by atoms with Crippen LogP contribution in [0.2, 0.25) is 31.2 Å². The summed E-state index contributed by atoms with van der Waals surface area (Å²) in [7, 11) is 0.120. The van der Waals surface area contributed by atoms with E-state index in [2.05, 4.69) is 61.5 Å². The van der Waals surface area contributed by atoms with Gasteiger partial charge in [-0.2, -0.15) is 0 Å². The van der Waals surface area contributed by atoms with Crippen LogP contribution in [0.4, 0.5) is 0 Å². The zero-order chi connectivity index (χ0) is 10.3. The molecule has 0 aliphatic carbocycles. The minimum absolute atomic E-state index is 0.120. The van der Waals surface area contributed by atoms with Gasteiger partial charge in [-0.15, -0.1) is 0 Å². The van der Waals surface area contributed by atoms with Crippen LogP contribution in [0.1, 0.15) is 0 Å². The Labute approximate surface area is 89.1 Å². The first-order chi connectivity index (χ1) is 6.04. The second-order valence-corrected chi connectivity index (χ2v) is 12.3. The molecule has 0 aromatic heterocycles. The van der Waals surface area contributed by atoms with Crippen molar-refractivity contribution in [1.82, 2.24) is 0 Å². The van der Waals surface area contributed by atoms with Crippen molar-refractivity contribution in [1.29, 1.82) is 0 Å². The molecule has 0 atom stereocenters. The van der Waals surface area contributed by atoms with Gasteiger partial charge in [-0.3, -0.25) is 0 Å². The summed E-state index contributed by atoms with van der Waals surface area (Å²) in [5.74, 6) is 4.74. The third kappa shape index (κ3) is 8.31. The zero-order valence-corrected chi connectivity index (χ0v) is 12.5. The third-order valence-electron chi connectivity index (χ3n) is 1.35. The van der Waals surface area contributed by atoms with E-state index in [4.69, 9.17) is 0 Å². The Morgan fingerprint density at radius 3 is 1.54 bits per heavy atom. The summed E-state index contributed by atoms with van der Waals surface area (Å²) >= 11 is -0.766. The van der Waals surface area contributed by atoms with E-state index in [1.165, 1.54) is 0 Å². The van der Waals surface area contributed by atoms with Gasteiger partial charge in [0.1, 0.15) is 0 Å². The number of benzene rings is 1. The van der Waals surface area contributed by atoms with Crippen LogP contribution in [0.15, 0.2) is 30.3 Å². The summed E-state index contributed by atoms with van der Waals surface area (Å²) in [5.41, 5.74) is 0. The molecule has 0 bridgehead atoms. The molecule has 0 nitrogen and oxygen atoms in total. The van der Waals surface area contributed by atoms with Crippen molar-refractivity contribution < 1.29 is 0 Å². The van der Waals surface area contributed by atoms with Gasteiger partial charge in [-0.25, -0.2) is 0 Å². The molecule has 0 aliphatic rings. The monoisotopic (exact) mass is 254 g/mol. The maximum atomic E-state index is 2.37. The molecule has 2 radical (unpaired) electrons. The Hall–Kier alpha value is -0.0203. The maximum absolute atomic E-state index is 2.37. The Morgan fingerprint density at radius 1 is 0.923 bits per heavy atom. The molecule has 72 valence electrons. The van der Waals surface area contributed by atoms with Crippen molar-refractivity contribution in [2.75, 3.05) is 0 Å². The van der Waals surface area contributed by atoms with Crippen molar-refractivity contribution in [3.8, 4) is 0 Å². The molecular formula is C11H20GeSi. The van der Waals surface area contributed by atoms with Crippen LogP contribution in [0.3, 0.4) is 0 Å². The molecule has 0 heterocycles. The summed E-state index contributed by atoms with van der Waals surface area (Å²) in [6.07, 6.45) is 0. The van der Waals surface area contributed by atoms with E-state index in [0.29, 0.717) is 0 Å². The topological polar surface area (TPSA) is 0 Å². The molecule has 0 fully saturated rings. The molecule has 1 aromatic rings. The number of hydrogen-bond acceptors (Lipinski definition) is 0. The summed E-state index contributed by atoms with van der Waals surface area (Å²) < 4.78 is 1.58. The van der Waals surface area contributed by atoms with E-state index in [9.17, 15) is 0 Å². The van der Waals surface area contributed by atoms with Crippen LogP contribution in [0.5, 0.6) is 0 Å². The van der Waals surface area contributed by atoms with Gasteiger partial charge in [0, 0.05) is 8.80 Å². The molecule has 0 N–H and O–H groups in total. The predicted octanol–water partition coefficient (Wildman–Crippen LogP) is 3.02. The average molecular weight is 253 g/mol. The van der Waals surface area contributed by atoms with E-state index in [0.717, 1.165) is 0 Å². The fraction of sp³-hybridized carbons (Fsp3) is 0.455. The van der Waals surface area contributed by atoms with Crippen molar-refractivity contribution >= 4 is 27.5 Å². The first kappa shape index (κ1) is 13.0. The Balaban J connectivity index is 0.000000310. The quantitative estimate of drug-likeness (QED) is 0.675. The fourth-order valence-corrected chi connectivity index (χ4v) is 2.57. The third-order valence-corrected chi connectivity index (χ3v) is 4.47. The molecule has 2 heteroatoms. The molecular weight excluding hydrogens is 233 g/mol. The Bertz CT molecular complexity index is 204. The summed E-state index contributed by atoms with van der Waals surface area (Å²) in [6, 6.07) is 10.8.